The standard InChI is InChI=1S/C14H20N2O3/c1-16(9-3-4-13(17)19-2)14(18)12-7-5-11(10-15)6-8-12/h5-8H,3-4,9-10,15H2,1-2H3. The Balaban J connectivity index is 2.49. The molecule has 0 atom stereocenters. The Morgan fingerprint density at radius 1 is 1.26 bits per heavy atom. The average Bonchev–Trinajstić information content (AvgIpc) is 2.46. The molecule has 0 aliphatic heterocycles. The van der Waals surface area contributed by atoms with Crippen molar-refractivity contribution < 1.29 is 14.3 Å². The molecular weight excluding hydrogens is 244 g/mol. The van der Waals surface area contributed by atoms with Crippen LogP contribution in [-0.4, -0.2) is 37.5 Å². The van der Waals surface area contributed by atoms with Crippen molar-refractivity contribution in [2.75, 3.05) is 20.7 Å². The fraction of sp³-hybridized carbons (Fsp3) is 0.429. The summed E-state index contributed by atoms with van der Waals surface area (Å²) in [6, 6.07) is 7.22. The van der Waals surface area contributed by atoms with Crippen LogP contribution in [0.25, 0.3) is 0 Å². The molecule has 0 radical (unpaired) electrons. The second-order valence-corrected chi connectivity index (χ2v) is 4.31. The zero-order valence-corrected chi connectivity index (χ0v) is 11.4. The number of carbonyl (C=O) groups is 2. The summed E-state index contributed by atoms with van der Waals surface area (Å²) >= 11 is 0. The van der Waals surface area contributed by atoms with Crippen molar-refractivity contribution in [2.24, 2.45) is 5.73 Å². The molecule has 5 nitrogen and oxygen atoms in total. The monoisotopic (exact) mass is 264 g/mol. The van der Waals surface area contributed by atoms with Crippen molar-refractivity contribution in [3.63, 3.8) is 0 Å². The number of methoxy groups -OCH3 is 1. The molecule has 0 fully saturated rings. The summed E-state index contributed by atoms with van der Waals surface area (Å²) in [6.45, 7) is 0.982. The molecule has 0 aromatic heterocycles. The van der Waals surface area contributed by atoms with Crippen LogP contribution in [0.2, 0.25) is 0 Å². The van der Waals surface area contributed by atoms with Crippen LogP contribution in [0.5, 0.6) is 0 Å². The quantitative estimate of drug-likeness (QED) is 0.783. The van der Waals surface area contributed by atoms with Gasteiger partial charge in [0.05, 0.1) is 7.11 Å². The lowest BCUT2D eigenvalue weighted by molar-refractivity contribution is -0.140. The predicted molar refractivity (Wildman–Crippen MR) is 72.5 cm³/mol. The van der Waals surface area contributed by atoms with E-state index in [-0.39, 0.29) is 11.9 Å². The van der Waals surface area contributed by atoms with Crippen molar-refractivity contribution >= 4 is 11.9 Å². The van der Waals surface area contributed by atoms with E-state index in [9.17, 15) is 9.59 Å². The average molecular weight is 264 g/mol. The van der Waals surface area contributed by atoms with Gasteiger partial charge in [0, 0.05) is 32.1 Å². The summed E-state index contributed by atoms with van der Waals surface area (Å²) in [4.78, 5) is 24.6. The molecule has 0 aliphatic rings. The highest BCUT2D eigenvalue weighted by Gasteiger charge is 2.11. The molecule has 0 aliphatic carbocycles. The zero-order valence-electron chi connectivity index (χ0n) is 11.4. The number of hydrogen-bond donors (Lipinski definition) is 1. The Labute approximate surface area is 113 Å². The maximum Gasteiger partial charge on any atom is 0.305 e. The van der Waals surface area contributed by atoms with Crippen LogP contribution < -0.4 is 5.73 Å². The molecule has 104 valence electrons. The Kier molecular flexibility index (Phi) is 6.02. The lowest BCUT2D eigenvalue weighted by Crippen LogP contribution is -2.28. The van der Waals surface area contributed by atoms with Gasteiger partial charge in [0.2, 0.25) is 0 Å². The number of rotatable bonds is 6. The van der Waals surface area contributed by atoms with Crippen molar-refractivity contribution in [1.29, 1.82) is 0 Å². The summed E-state index contributed by atoms with van der Waals surface area (Å²) in [7, 11) is 3.08. The van der Waals surface area contributed by atoms with Gasteiger partial charge in [-0.1, -0.05) is 12.1 Å². The molecular formula is C14H20N2O3. The van der Waals surface area contributed by atoms with Crippen LogP contribution >= 0.6 is 0 Å². The molecule has 1 aromatic carbocycles. The van der Waals surface area contributed by atoms with E-state index in [1.54, 1.807) is 24.1 Å². The molecule has 0 heterocycles. The SMILES string of the molecule is COC(=O)CCCN(C)C(=O)c1ccc(CN)cc1. The smallest absolute Gasteiger partial charge is 0.305 e. The number of benzene rings is 1. The third-order valence-corrected chi connectivity index (χ3v) is 2.89. The normalized spacial score (nSPS) is 10.1. The van der Waals surface area contributed by atoms with E-state index in [4.69, 9.17) is 5.73 Å². The van der Waals surface area contributed by atoms with Crippen molar-refractivity contribution in [3.8, 4) is 0 Å². The van der Waals surface area contributed by atoms with Crippen LogP contribution in [-0.2, 0) is 16.1 Å². The highest BCUT2D eigenvalue weighted by atomic mass is 16.5. The van der Waals surface area contributed by atoms with E-state index in [1.807, 2.05) is 12.1 Å². The van der Waals surface area contributed by atoms with Crippen LogP contribution in [0.4, 0.5) is 0 Å². The lowest BCUT2D eigenvalue weighted by Gasteiger charge is -2.17. The fourth-order valence-corrected chi connectivity index (χ4v) is 1.67. The Hall–Kier alpha value is -1.88. The van der Waals surface area contributed by atoms with Gasteiger partial charge in [0.1, 0.15) is 0 Å². The van der Waals surface area contributed by atoms with Crippen LogP contribution in [0.1, 0.15) is 28.8 Å². The van der Waals surface area contributed by atoms with Gasteiger partial charge in [-0.2, -0.15) is 0 Å². The number of hydrogen-bond acceptors (Lipinski definition) is 4. The predicted octanol–water partition coefficient (Wildman–Crippen LogP) is 1.17. The minimum absolute atomic E-state index is 0.0616. The van der Waals surface area contributed by atoms with Crippen molar-refractivity contribution in [1.82, 2.24) is 4.90 Å². The van der Waals surface area contributed by atoms with Crippen LogP contribution in [0.3, 0.4) is 0 Å². The second-order valence-electron chi connectivity index (χ2n) is 4.31. The van der Waals surface area contributed by atoms with Gasteiger partial charge < -0.3 is 15.4 Å². The largest absolute Gasteiger partial charge is 0.469 e. The Bertz CT molecular complexity index is 429. The number of ether oxygens (including phenoxy) is 1. The van der Waals surface area contributed by atoms with E-state index >= 15 is 0 Å². The first-order chi connectivity index (χ1) is 9.08. The fourth-order valence-electron chi connectivity index (χ4n) is 1.67. The molecule has 0 saturated carbocycles. The first-order valence-corrected chi connectivity index (χ1v) is 6.19. The third-order valence-electron chi connectivity index (χ3n) is 2.89. The maximum absolute atomic E-state index is 12.1. The number of esters is 1. The molecule has 0 saturated heterocycles. The van der Waals surface area contributed by atoms with Crippen LogP contribution in [0, 0.1) is 0 Å². The van der Waals surface area contributed by atoms with Gasteiger partial charge >= 0.3 is 5.97 Å². The van der Waals surface area contributed by atoms with E-state index in [0.29, 0.717) is 31.5 Å². The van der Waals surface area contributed by atoms with E-state index in [1.165, 1.54) is 7.11 Å². The minimum Gasteiger partial charge on any atom is -0.469 e. The van der Waals surface area contributed by atoms with Gasteiger partial charge in [0.15, 0.2) is 0 Å². The highest BCUT2D eigenvalue weighted by molar-refractivity contribution is 5.94. The summed E-state index contributed by atoms with van der Waals surface area (Å²) in [5.74, 6) is -0.318. The second kappa shape index (κ2) is 7.53. The topological polar surface area (TPSA) is 72.6 Å². The first kappa shape index (κ1) is 15.2. The summed E-state index contributed by atoms with van der Waals surface area (Å²) in [6.07, 6.45) is 0.913. The molecule has 5 heteroatoms. The summed E-state index contributed by atoms with van der Waals surface area (Å²) < 4.78 is 4.55. The van der Waals surface area contributed by atoms with Gasteiger partial charge in [0.25, 0.3) is 5.91 Å². The van der Waals surface area contributed by atoms with E-state index in [2.05, 4.69) is 4.74 Å². The Morgan fingerprint density at radius 2 is 1.89 bits per heavy atom. The number of nitrogens with two attached hydrogens (primary N) is 1. The number of carbonyl (C=O) groups excluding carboxylic acids is 2. The molecule has 1 aromatic rings. The Morgan fingerprint density at radius 3 is 2.42 bits per heavy atom. The molecule has 19 heavy (non-hydrogen) atoms. The van der Waals surface area contributed by atoms with Crippen LogP contribution in [0.15, 0.2) is 24.3 Å². The summed E-state index contributed by atoms with van der Waals surface area (Å²) in [5.41, 5.74) is 7.12. The lowest BCUT2D eigenvalue weighted by atomic mass is 10.1. The maximum atomic E-state index is 12.1. The van der Waals surface area contributed by atoms with Crippen molar-refractivity contribution in [2.45, 2.75) is 19.4 Å². The molecule has 1 amide bonds. The number of amides is 1. The van der Waals surface area contributed by atoms with E-state index in [0.717, 1.165) is 5.56 Å². The zero-order chi connectivity index (χ0) is 14.3. The van der Waals surface area contributed by atoms with Gasteiger partial charge in [-0.15, -0.1) is 0 Å². The first-order valence-electron chi connectivity index (χ1n) is 6.19. The van der Waals surface area contributed by atoms with Gasteiger partial charge in [-0.3, -0.25) is 9.59 Å². The summed E-state index contributed by atoms with van der Waals surface area (Å²) in [5, 5.41) is 0. The molecule has 0 bridgehead atoms. The minimum atomic E-state index is -0.256. The highest BCUT2D eigenvalue weighted by Crippen LogP contribution is 2.07. The van der Waals surface area contributed by atoms with Gasteiger partial charge in [-0.05, 0) is 24.1 Å². The number of nitrogens with zero attached hydrogens (tertiary/aromatic N) is 1. The molecule has 0 spiro atoms. The van der Waals surface area contributed by atoms with E-state index < -0.39 is 0 Å². The third kappa shape index (κ3) is 4.71. The molecule has 0 unspecified atom stereocenters. The van der Waals surface area contributed by atoms with Crippen molar-refractivity contribution in [3.05, 3.63) is 35.4 Å². The molecule has 1 rings (SSSR count). The van der Waals surface area contributed by atoms with Gasteiger partial charge in [-0.25, -0.2) is 0 Å². The molecule has 2 N–H and O–H groups in total.